The van der Waals surface area contributed by atoms with Gasteiger partial charge in [-0.15, -0.1) is 0 Å². The number of aromatic amines is 2. The van der Waals surface area contributed by atoms with Gasteiger partial charge >= 0.3 is 0 Å². The molecule has 12 heteroatoms. The van der Waals surface area contributed by atoms with Crippen molar-refractivity contribution >= 4 is 40.1 Å². The Balaban J connectivity index is 1.26. The van der Waals surface area contributed by atoms with E-state index in [1.807, 2.05) is 12.1 Å². The number of aromatic nitrogens is 5. The highest BCUT2D eigenvalue weighted by atomic mass is 35.5. The third kappa shape index (κ3) is 4.79. The Bertz CT molecular complexity index is 1860. The minimum atomic E-state index is -0.732. The summed E-state index contributed by atoms with van der Waals surface area (Å²) in [6, 6.07) is 16.0. The lowest BCUT2D eigenvalue weighted by molar-refractivity contribution is -0.127. The molecule has 4 heterocycles. The molecule has 210 valence electrons. The van der Waals surface area contributed by atoms with E-state index in [-0.39, 0.29) is 31.1 Å². The summed E-state index contributed by atoms with van der Waals surface area (Å²) in [7, 11) is 1.46. The second-order valence-corrected chi connectivity index (χ2v) is 10.0. The number of piperazine rings is 1. The van der Waals surface area contributed by atoms with Crippen LogP contribution in [0.1, 0.15) is 20.7 Å². The average molecular weight is 582 g/mol. The van der Waals surface area contributed by atoms with Crippen LogP contribution in [0.4, 0.5) is 0 Å². The van der Waals surface area contributed by atoms with E-state index in [2.05, 4.69) is 31.7 Å². The summed E-state index contributed by atoms with van der Waals surface area (Å²) >= 11 is 6.12. The Labute approximate surface area is 244 Å². The van der Waals surface area contributed by atoms with Crippen LogP contribution < -0.4 is 4.74 Å². The minimum absolute atomic E-state index is 0.0415. The first-order chi connectivity index (χ1) is 20.4. The summed E-state index contributed by atoms with van der Waals surface area (Å²) in [5.74, 6) is -0.576. The van der Waals surface area contributed by atoms with E-state index in [1.54, 1.807) is 42.5 Å². The van der Waals surface area contributed by atoms with Crippen molar-refractivity contribution in [3.63, 3.8) is 0 Å². The molecule has 0 spiro atoms. The van der Waals surface area contributed by atoms with Crippen molar-refractivity contribution in [2.24, 2.45) is 0 Å². The van der Waals surface area contributed by atoms with Crippen molar-refractivity contribution in [3.8, 4) is 28.7 Å². The van der Waals surface area contributed by atoms with E-state index < -0.39 is 11.7 Å². The van der Waals surface area contributed by atoms with Gasteiger partial charge in [0.15, 0.2) is 11.6 Å². The first-order valence-corrected chi connectivity index (χ1v) is 13.3. The number of H-pyrrole nitrogens is 2. The monoisotopic (exact) mass is 581 g/mol. The molecule has 0 aliphatic carbocycles. The van der Waals surface area contributed by atoms with Crippen LogP contribution in [-0.2, 0) is 4.79 Å². The molecule has 3 aromatic heterocycles. The third-order valence-electron chi connectivity index (χ3n) is 7.03. The second kappa shape index (κ2) is 10.9. The number of benzene rings is 2. The molecule has 1 fully saturated rings. The van der Waals surface area contributed by atoms with Gasteiger partial charge in [-0.05, 0) is 24.3 Å². The van der Waals surface area contributed by atoms with Gasteiger partial charge in [0.2, 0.25) is 0 Å². The van der Waals surface area contributed by atoms with Gasteiger partial charge in [-0.2, -0.15) is 5.10 Å². The minimum Gasteiger partial charge on any atom is -0.494 e. The maximum Gasteiger partial charge on any atom is 0.295 e. The number of nitrogens with zero attached hydrogens (tertiary/aromatic N) is 5. The van der Waals surface area contributed by atoms with Gasteiger partial charge in [0.25, 0.3) is 17.6 Å². The van der Waals surface area contributed by atoms with Crippen LogP contribution in [0, 0.1) is 0 Å². The lowest BCUT2D eigenvalue weighted by Crippen LogP contribution is -2.50. The standard InChI is InChI=1S/C30H24ClN7O4/c1-17-16-37(11-12-38(17)29(40)18-7-4-3-5-8-18)30(41)26(39)21-14-32-24-23(21)22(42-2)15-33-25(24)28-34-27(35-36-28)19-9-6-10-20(31)13-19/h3-10,13-15,32H,1,11-12,16H2,2H3,(H,34,35,36). The second-order valence-electron chi connectivity index (χ2n) is 9.59. The molecule has 1 aliphatic heterocycles. The number of pyridine rings is 1. The summed E-state index contributed by atoms with van der Waals surface area (Å²) in [6.45, 7) is 4.43. The number of fused-ring (bicyclic) bond motifs is 1. The molecule has 0 radical (unpaired) electrons. The van der Waals surface area contributed by atoms with Gasteiger partial charge < -0.3 is 19.5 Å². The summed E-state index contributed by atoms with van der Waals surface area (Å²) in [5, 5.41) is 8.11. The molecule has 1 saturated heterocycles. The van der Waals surface area contributed by atoms with Crippen LogP contribution in [0.5, 0.6) is 5.75 Å². The predicted molar refractivity (Wildman–Crippen MR) is 156 cm³/mol. The smallest absolute Gasteiger partial charge is 0.295 e. The van der Waals surface area contributed by atoms with Crippen LogP contribution in [-0.4, -0.2) is 79.3 Å². The molecule has 2 aromatic carbocycles. The fraction of sp³-hybridized carbons (Fsp3) is 0.133. The number of ether oxygens (including phenoxy) is 1. The van der Waals surface area contributed by atoms with Gasteiger partial charge in [-0.25, -0.2) is 9.97 Å². The summed E-state index contributed by atoms with van der Waals surface area (Å²) in [4.78, 5) is 54.9. The number of halogens is 1. The van der Waals surface area contributed by atoms with Crippen molar-refractivity contribution in [1.29, 1.82) is 0 Å². The van der Waals surface area contributed by atoms with E-state index in [4.69, 9.17) is 16.3 Å². The van der Waals surface area contributed by atoms with E-state index in [9.17, 15) is 14.4 Å². The highest BCUT2D eigenvalue weighted by molar-refractivity contribution is 6.45. The molecule has 0 atom stereocenters. The zero-order chi connectivity index (χ0) is 29.4. The quantitative estimate of drug-likeness (QED) is 0.224. The summed E-state index contributed by atoms with van der Waals surface area (Å²) < 4.78 is 5.50. The van der Waals surface area contributed by atoms with Gasteiger partial charge in [0.1, 0.15) is 11.4 Å². The van der Waals surface area contributed by atoms with Gasteiger partial charge in [-0.3, -0.25) is 19.5 Å². The Hall–Kier alpha value is -5.29. The van der Waals surface area contributed by atoms with E-state index in [1.165, 1.54) is 29.3 Å². The zero-order valence-corrected chi connectivity index (χ0v) is 23.2. The SMILES string of the molecule is C=C1CN(C(=O)C(=O)c2c[nH]c3c(-c4nc(-c5cccc(Cl)c5)n[nH]4)ncc(OC)c23)CCN1C(=O)c1ccccc1. The lowest BCUT2D eigenvalue weighted by Gasteiger charge is -2.36. The number of amides is 2. The summed E-state index contributed by atoms with van der Waals surface area (Å²) in [5.41, 5.74) is 2.63. The number of nitrogens with one attached hydrogen (secondary N) is 2. The van der Waals surface area contributed by atoms with Crippen molar-refractivity contribution < 1.29 is 19.1 Å². The van der Waals surface area contributed by atoms with Crippen LogP contribution >= 0.6 is 11.6 Å². The molecule has 5 aromatic rings. The van der Waals surface area contributed by atoms with Gasteiger partial charge in [0.05, 0.1) is 36.3 Å². The maximum absolute atomic E-state index is 13.6. The molecular formula is C30H24ClN7O4. The Kier molecular flexibility index (Phi) is 7.01. The van der Waals surface area contributed by atoms with Crippen molar-refractivity contribution in [2.75, 3.05) is 26.7 Å². The molecular weight excluding hydrogens is 558 g/mol. The van der Waals surface area contributed by atoms with E-state index >= 15 is 0 Å². The highest BCUT2D eigenvalue weighted by Gasteiger charge is 2.33. The molecule has 2 N–H and O–H groups in total. The number of ketones is 1. The molecule has 2 amide bonds. The normalized spacial score (nSPS) is 13.4. The Morgan fingerprint density at radius 1 is 1.07 bits per heavy atom. The van der Waals surface area contributed by atoms with Gasteiger partial charge in [-0.1, -0.05) is 48.5 Å². The zero-order valence-electron chi connectivity index (χ0n) is 22.4. The van der Waals surface area contributed by atoms with Crippen LogP contribution in [0.15, 0.2) is 79.3 Å². The first kappa shape index (κ1) is 26.9. The summed E-state index contributed by atoms with van der Waals surface area (Å²) in [6.07, 6.45) is 2.92. The number of Topliss-reactive ketones (excluding diaryl/α,β-unsaturated/α-hetero) is 1. The number of carbonyl (C=O) groups is 3. The van der Waals surface area contributed by atoms with Crippen LogP contribution in [0.25, 0.3) is 33.8 Å². The Morgan fingerprint density at radius 2 is 1.88 bits per heavy atom. The van der Waals surface area contributed by atoms with Crippen LogP contribution in [0.3, 0.4) is 0 Å². The van der Waals surface area contributed by atoms with Gasteiger partial charge in [0, 0.05) is 41.1 Å². The Morgan fingerprint density at radius 3 is 2.62 bits per heavy atom. The molecule has 0 bridgehead atoms. The van der Waals surface area contributed by atoms with Crippen LogP contribution in [0.2, 0.25) is 5.02 Å². The molecule has 6 rings (SSSR count). The van der Waals surface area contributed by atoms with Crippen molar-refractivity contribution in [2.45, 2.75) is 0 Å². The fourth-order valence-corrected chi connectivity index (χ4v) is 5.12. The lowest BCUT2D eigenvalue weighted by atomic mass is 10.1. The molecule has 1 aliphatic rings. The number of hydrogen-bond acceptors (Lipinski definition) is 7. The number of hydrogen-bond donors (Lipinski definition) is 2. The molecule has 11 nitrogen and oxygen atoms in total. The number of methoxy groups -OCH3 is 1. The molecule has 42 heavy (non-hydrogen) atoms. The highest BCUT2D eigenvalue weighted by Crippen LogP contribution is 2.34. The topological polar surface area (TPSA) is 137 Å². The van der Waals surface area contributed by atoms with Crippen molar-refractivity contribution in [3.05, 3.63) is 95.4 Å². The molecule has 0 saturated carbocycles. The number of carbonyl (C=O) groups excluding carboxylic acids is 3. The fourth-order valence-electron chi connectivity index (χ4n) is 4.93. The first-order valence-electron chi connectivity index (χ1n) is 13.0. The van der Waals surface area contributed by atoms with E-state index in [0.29, 0.717) is 50.3 Å². The third-order valence-corrected chi connectivity index (χ3v) is 7.26. The maximum atomic E-state index is 13.6. The average Bonchev–Trinajstić information content (AvgIpc) is 3.69. The molecule has 0 unspecified atom stereocenters. The van der Waals surface area contributed by atoms with E-state index in [0.717, 1.165) is 5.56 Å². The largest absolute Gasteiger partial charge is 0.494 e. The van der Waals surface area contributed by atoms with Crippen molar-refractivity contribution in [1.82, 2.24) is 34.9 Å². The number of rotatable bonds is 6. The predicted octanol–water partition coefficient (Wildman–Crippen LogP) is 4.36.